The first-order chi connectivity index (χ1) is 14.0. The number of carbonyl (C=O) groups is 2. The molecule has 1 amide bonds. The van der Waals surface area contributed by atoms with Gasteiger partial charge in [-0.05, 0) is 19.1 Å². The lowest BCUT2D eigenvalue weighted by atomic mass is 10.2. The van der Waals surface area contributed by atoms with E-state index in [4.69, 9.17) is 30.5 Å². The predicted molar refractivity (Wildman–Crippen MR) is 110 cm³/mol. The molecule has 9 nitrogen and oxygen atoms in total. The number of aromatic nitrogens is 1. The summed E-state index contributed by atoms with van der Waals surface area (Å²) in [6, 6.07) is 3.33. The zero-order valence-corrected chi connectivity index (χ0v) is 17.9. The lowest BCUT2D eigenvalue weighted by Crippen LogP contribution is -2.26. The lowest BCUT2D eigenvalue weighted by Gasteiger charge is -2.14. The minimum absolute atomic E-state index is 0.0854. The molecule has 0 radical (unpaired) electrons. The molecular formula is C18H20ClN3O6S. The Labute approximate surface area is 176 Å². The van der Waals surface area contributed by atoms with Crippen molar-refractivity contribution in [2.75, 3.05) is 38.8 Å². The maximum Gasteiger partial charge on any atom is 0.357 e. The van der Waals surface area contributed by atoms with Crippen LogP contribution >= 0.6 is 22.9 Å². The molecule has 1 aromatic carbocycles. The smallest absolute Gasteiger partial charge is 0.357 e. The summed E-state index contributed by atoms with van der Waals surface area (Å²) in [4.78, 5) is 28.2. The van der Waals surface area contributed by atoms with Gasteiger partial charge in [-0.25, -0.2) is 9.78 Å². The molecule has 1 aromatic heterocycles. The predicted octanol–water partition coefficient (Wildman–Crippen LogP) is 2.95. The van der Waals surface area contributed by atoms with Gasteiger partial charge in [-0.2, -0.15) is 10.1 Å². The van der Waals surface area contributed by atoms with Gasteiger partial charge in [0.15, 0.2) is 17.2 Å². The molecule has 0 aliphatic carbocycles. The maximum absolute atomic E-state index is 12.2. The molecule has 156 valence electrons. The molecule has 29 heavy (non-hydrogen) atoms. The van der Waals surface area contributed by atoms with Gasteiger partial charge >= 0.3 is 5.97 Å². The molecule has 1 heterocycles. The van der Waals surface area contributed by atoms with Crippen LogP contribution in [0.2, 0.25) is 0 Å². The lowest BCUT2D eigenvalue weighted by molar-refractivity contribution is -0.116. The van der Waals surface area contributed by atoms with Gasteiger partial charge < -0.3 is 18.9 Å². The maximum atomic E-state index is 12.2. The quantitative estimate of drug-likeness (QED) is 0.255. The molecule has 2 aromatic rings. The standard InChI is InChI=1S/C18H20ClN3O6S/c1-5-28-17(24)12-10-29-18(21-12)22(15(23)8-19)20-9-11-6-13(25-2)16(27-4)14(7-11)26-3/h6-7,9-10H,5,8H2,1-4H3. The number of alkyl halides is 1. The van der Waals surface area contributed by atoms with E-state index in [1.54, 1.807) is 19.1 Å². The Morgan fingerprint density at radius 2 is 1.86 bits per heavy atom. The van der Waals surface area contributed by atoms with Crippen LogP contribution in [0.1, 0.15) is 23.0 Å². The van der Waals surface area contributed by atoms with E-state index in [-0.39, 0.29) is 23.3 Å². The average Bonchev–Trinajstić information content (AvgIpc) is 3.22. The monoisotopic (exact) mass is 441 g/mol. The molecule has 0 saturated heterocycles. The number of nitrogens with zero attached hydrogens (tertiary/aromatic N) is 3. The van der Waals surface area contributed by atoms with E-state index < -0.39 is 11.9 Å². The number of halogens is 1. The van der Waals surface area contributed by atoms with E-state index in [1.165, 1.54) is 32.9 Å². The van der Waals surface area contributed by atoms with E-state index in [0.29, 0.717) is 22.8 Å². The van der Waals surface area contributed by atoms with Crippen molar-refractivity contribution >= 4 is 46.2 Å². The first-order valence-corrected chi connectivity index (χ1v) is 9.75. The molecule has 0 fully saturated rings. The molecule has 0 bridgehead atoms. The van der Waals surface area contributed by atoms with E-state index in [1.807, 2.05) is 0 Å². The van der Waals surface area contributed by atoms with Gasteiger partial charge in [0, 0.05) is 10.9 Å². The summed E-state index contributed by atoms with van der Waals surface area (Å²) in [6.45, 7) is 1.91. The number of esters is 1. The summed E-state index contributed by atoms with van der Waals surface area (Å²) in [5.41, 5.74) is 0.663. The fraction of sp³-hybridized carbons (Fsp3) is 0.333. The summed E-state index contributed by atoms with van der Waals surface area (Å²) < 4.78 is 20.8. The second-order valence-electron chi connectivity index (χ2n) is 5.28. The highest BCUT2D eigenvalue weighted by Gasteiger charge is 2.21. The Bertz CT molecular complexity index is 876. The molecule has 0 N–H and O–H groups in total. The van der Waals surface area contributed by atoms with Crippen molar-refractivity contribution in [3.63, 3.8) is 0 Å². The number of carbonyl (C=O) groups excluding carboxylic acids is 2. The Kier molecular flexibility index (Phi) is 8.22. The van der Waals surface area contributed by atoms with Crippen molar-refractivity contribution in [3.05, 3.63) is 28.8 Å². The second-order valence-corrected chi connectivity index (χ2v) is 6.38. The summed E-state index contributed by atoms with van der Waals surface area (Å²) in [5.74, 6) is -0.118. The van der Waals surface area contributed by atoms with Crippen molar-refractivity contribution in [3.8, 4) is 17.2 Å². The van der Waals surface area contributed by atoms with Gasteiger partial charge in [-0.15, -0.1) is 22.9 Å². The Balaban J connectivity index is 2.37. The molecule has 0 saturated carbocycles. The van der Waals surface area contributed by atoms with Crippen LogP contribution in [-0.2, 0) is 9.53 Å². The minimum Gasteiger partial charge on any atom is -0.493 e. The number of anilines is 1. The van der Waals surface area contributed by atoms with E-state index >= 15 is 0 Å². The highest BCUT2D eigenvalue weighted by molar-refractivity contribution is 7.14. The number of ether oxygens (including phenoxy) is 4. The minimum atomic E-state index is -0.582. The largest absolute Gasteiger partial charge is 0.493 e. The van der Waals surface area contributed by atoms with E-state index in [2.05, 4.69) is 10.1 Å². The number of methoxy groups -OCH3 is 3. The third-order valence-corrected chi connectivity index (χ3v) is 4.56. The summed E-state index contributed by atoms with van der Waals surface area (Å²) in [6.07, 6.45) is 1.42. The van der Waals surface area contributed by atoms with Crippen LogP contribution in [0.3, 0.4) is 0 Å². The summed E-state index contributed by atoms with van der Waals surface area (Å²) >= 11 is 6.76. The van der Waals surface area contributed by atoms with E-state index in [9.17, 15) is 9.59 Å². The number of hydrogen-bond acceptors (Lipinski definition) is 9. The number of benzene rings is 1. The molecule has 0 aliphatic heterocycles. The molecule has 11 heteroatoms. The second kappa shape index (κ2) is 10.6. The molecule has 0 atom stereocenters. The fourth-order valence-electron chi connectivity index (χ4n) is 2.24. The van der Waals surface area contributed by atoms with Crippen LogP contribution in [0.5, 0.6) is 17.2 Å². The van der Waals surface area contributed by atoms with Gasteiger partial charge in [-0.3, -0.25) is 4.79 Å². The van der Waals surface area contributed by atoms with Gasteiger partial charge in [0.25, 0.3) is 5.91 Å². The number of thiazole rings is 1. The zero-order chi connectivity index (χ0) is 21.4. The van der Waals surface area contributed by atoms with Crippen molar-refractivity contribution in [1.82, 2.24) is 4.98 Å². The van der Waals surface area contributed by atoms with Crippen molar-refractivity contribution in [2.24, 2.45) is 5.10 Å². The molecular weight excluding hydrogens is 422 g/mol. The number of hydrogen-bond donors (Lipinski definition) is 0. The summed E-state index contributed by atoms with van der Waals surface area (Å²) in [7, 11) is 4.49. The molecule has 0 unspecified atom stereocenters. The van der Waals surface area contributed by atoms with Crippen LogP contribution in [0.15, 0.2) is 22.6 Å². The van der Waals surface area contributed by atoms with Crippen LogP contribution in [0, 0.1) is 0 Å². The van der Waals surface area contributed by atoms with Gasteiger partial charge in [-0.1, -0.05) is 0 Å². The number of amides is 1. The van der Waals surface area contributed by atoms with Crippen molar-refractivity contribution in [2.45, 2.75) is 6.92 Å². The van der Waals surface area contributed by atoms with Gasteiger partial charge in [0.2, 0.25) is 10.9 Å². The Morgan fingerprint density at radius 1 is 1.21 bits per heavy atom. The van der Waals surface area contributed by atoms with Crippen LogP contribution in [-0.4, -0.2) is 56.9 Å². The fourth-order valence-corrected chi connectivity index (χ4v) is 3.12. The first-order valence-electron chi connectivity index (χ1n) is 8.34. The van der Waals surface area contributed by atoms with Gasteiger partial charge in [0.05, 0.1) is 34.2 Å². The van der Waals surface area contributed by atoms with Crippen LogP contribution < -0.4 is 19.2 Å². The SMILES string of the molecule is CCOC(=O)c1csc(N(N=Cc2cc(OC)c(OC)c(OC)c2)C(=O)CCl)n1. The third kappa shape index (κ3) is 5.36. The Morgan fingerprint density at radius 3 is 2.38 bits per heavy atom. The van der Waals surface area contributed by atoms with Gasteiger partial charge in [0.1, 0.15) is 5.88 Å². The highest BCUT2D eigenvalue weighted by atomic mass is 35.5. The van der Waals surface area contributed by atoms with Crippen molar-refractivity contribution in [1.29, 1.82) is 0 Å². The average molecular weight is 442 g/mol. The molecule has 0 aliphatic rings. The van der Waals surface area contributed by atoms with Crippen LogP contribution in [0.4, 0.5) is 5.13 Å². The summed E-state index contributed by atoms with van der Waals surface area (Å²) in [5, 5.41) is 6.86. The third-order valence-electron chi connectivity index (χ3n) is 3.52. The van der Waals surface area contributed by atoms with E-state index in [0.717, 1.165) is 16.3 Å². The number of rotatable bonds is 9. The van der Waals surface area contributed by atoms with Crippen molar-refractivity contribution < 1.29 is 28.5 Å². The zero-order valence-electron chi connectivity index (χ0n) is 16.3. The Hall–Kier alpha value is -2.85. The molecule has 2 rings (SSSR count). The normalized spacial score (nSPS) is 10.7. The topological polar surface area (TPSA) is 99.5 Å². The first kappa shape index (κ1) is 22.4. The number of hydrazone groups is 1. The molecule has 0 spiro atoms. The highest BCUT2D eigenvalue weighted by Crippen LogP contribution is 2.37. The van der Waals surface area contributed by atoms with Crippen LogP contribution in [0.25, 0.3) is 0 Å².